The van der Waals surface area contributed by atoms with E-state index in [1.807, 2.05) is 10.7 Å². The van der Waals surface area contributed by atoms with Gasteiger partial charge in [0.1, 0.15) is 0 Å². The lowest BCUT2D eigenvalue weighted by molar-refractivity contribution is 0.169. The smallest absolute Gasteiger partial charge is 0.214 e. The van der Waals surface area contributed by atoms with Crippen LogP contribution in [-0.4, -0.2) is 41.4 Å². The Labute approximate surface area is 140 Å². The van der Waals surface area contributed by atoms with Crippen LogP contribution in [-0.2, 0) is 23.1 Å². The monoisotopic (exact) mass is 352 g/mol. The Morgan fingerprint density at radius 1 is 1.35 bits per heavy atom. The van der Waals surface area contributed by atoms with E-state index in [9.17, 15) is 8.42 Å². The molecule has 1 fully saturated rings. The Morgan fingerprint density at radius 2 is 2.22 bits per heavy atom. The van der Waals surface area contributed by atoms with E-state index in [0.717, 1.165) is 38.2 Å². The van der Waals surface area contributed by atoms with Crippen LogP contribution >= 0.6 is 11.3 Å². The molecule has 23 heavy (non-hydrogen) atoms. The fraction of sp³-hybridized carbons (Fsp3) is 0.533. The summed E-state index contributed by atoms with van der Waals surface area (Å²) < 4.78 is 28.9. The number of nitrogens with zero attached hydrogens (tertiary/aromatic N) is 3. The molecule has 0 saturated heterocycles. The summed E-state index contributed by atoms with van der Waals surface area (Å²) in [5, 5.41) is 6.30. The lowest BCUT2D eigenvalue weighted by Gasteiger charge is -2.33. The minimum Gasteiger partial charge on any atom is -0.290 e. The van der Waals surface area contributed by atoms with Crippen molar-refractivity contribution in [2.75, 3.05) is 13.1 Å². The predicted molar refractivity (Wildman–Crippen MR) is 89.6 cm³/mol. The Kier molecular flexibility index (Phi) is 4.00. The van der Waals surface area contributed by atoms with Gasteiger partial charge in [-0.1, -0.05) is 6.07 Å². The van der Waals surface area contributed by atoms with Gasteiger partial charge in [-0.3, -0.25) is 9.58 Å². The van der Waals surface area contributed by atoms with Crippen LogP contribution in [0, 0.1) is 0 Å². The number of hydrogen-bond acceptors (Lipinski definition) is 5. The quantitative estimate of drug-likeness (QED) is 0.857. The lowest BCUT2D eigenvalue weighted by atomic mass is 10.2. The summed E-state index contributed by atoms with van der Waals surface area (Å²) in [7, 11) is -3.15. The third-order valence-electron chi connectivity index (χ3n) is 4.40. The van der Waals surface area contributed by atoms with Crippen LogP contribution in [0.2, 0.25) is 0 Å². The zero-order chi connectivity index (χ0) is 15.9. The van der Waals surface area contributed by atoms with Gasteiger partial charge in [0.2, 0.25) is 10.0 Å². The molecule has 6 nitrogen and oxygen atoms in total. The Hall–Kier alpha value is -1.22. The van der Waals surface area contributed by atoms with Crippen molar-refractivity contribution in [2.45, 2.75) is 37.2 Å². The molecule has 1 N–H and O–H groups in total. The van der Waals surface area contributed by atoms with Crippen LogP contribution in [0.4, 0.5) is 0 Å². The first-order valence-corrected chi connectivity index (χ1v) is 10.3. The van der Waals surface area contributed by atoms with Gasteiger partial charge in [-0.05, 0) is 30.4 Å². The van der Waals surface area contributed by atoms with Crippen molar-refractivity contribution in [1.29, 1.82) is 0 Å². The molecule has 0 spiro atoms. The summed E-state index contributed by atoms with van der Waals surface area (Å²) in [6.45, 7) is 2.96. The zero-order valence-corrected chi connectivity index (χ0v) is 14.4. The minimum absolute atomic E-state index is 0.0437. The standard InChI is InChI=1S/C15H20N4O2S2/c20-23(21,15-3-4-15)17-8-13-10-18(11-14-2-1-7-22-14)9-12-5-6-16-19(12)13/h1-2,5-7,13,15,17H,3-4,8-11H2. The summed E-state index contributed by atoms with van der Waals surface area (Å²) in [6.07, 6.45) is 3.38. The number of rotatable bonds is 6. The number of nitrogens with one attached hydrogen (secondary N) is 1. The molecule has 8 heteroatoms. The van der Waals surface area contributed by atoms with Crippen LogP contribution in [0.1, 0.15) is 29.5 Å². The molecule has 1 atom stereocenters. The van der Waals surface area contributed by atoms with Gasteiger partial charge >= 0.3 is 0 Å². The first-order chi connectivity index (χ1) is 11.1. The molecule has 2 aliphatic rings. The van der Waals surface area contributed by atoms with Gasteiger partial charge < -0.3 is 0 Å². The van der Waals surface area contributed by atoms with Crippen molar-refractivity contribution in [3.63, 3.8) is 0 Å². The van der Waals surface area contributed by atoms with Gasteiger partial charge in [0, 0.05) is 37.3 Å². The van der Waals surface area contributed by atoms with E-state index < -0.39 is 10.0 Å². The van der Waals surface area contributed by atoms with E-state index in [4.69, 9.17) is 0 Å². The molecule has 2 aromatic rings. The lowest BCUT2D eigenvalue weighted by Crippen LogP contribution is -2.43. The molecule has 0 amide bonds. The van der Waals surface area contributed by atoms with E-state index in [1.54, 1.807) is 17.5 Å². The van der Waals surface area contributed by atoms with E-state index >= 15 is 0 Å². The van der Waals surface area contributed by atoms with Gasteiger partial charge in [-0.25, -0.2) is 13.1 Å². The summed E-state index contributed by atoms with van der Waals surface area (Å²) in [5.41, 5.74) is 1.14. The SMILES string of the molecule is O=S(=O)(NCC1CN(Cc2cccs2)Cc2ccnn21)C1CC1. The highest BCUT2D eigenvalue weighted by atomic mass is 32.2. The molecule has 0 bridgehead atoms. The van der Waals surface area contributed by atoms with Crippen LogP contribution in [0.5, 0.6) is 0 Å². The molecule has 0 aromatic carbocycles. The third kappa shape index (κ3) is 3.35. The van der Waals surface area contributed by atoms with Crippen LogP contribution in [0.3, 0.4) is 0 Å². The summed E-state index contributed by atoms with van der Waals surface area (Å²) in [6, 6.07) is 6.27. The first kappa shape index (κ1) is 15.3. The van der Waals surface area contributed by atoms with Gasteiger partial charge in [0.05, 0.1) is 17.0 Å². The van der Waals surface area contributed by atoms with Crippen LogP contribution in [0.25, 0.3) is 0 Å². The maximum Gasteiger partial charge on any atom is 0.214 e. The highest BCUT2D eigenvalue weighted by Crippen LogP contribution is 2.28. The molecule has 3 heterocycles. The second-order valence-electron chi connectivity index (χ2n) is 6.26. The second kappa shape index (κ2) is 6.01. The average Bonchev–Trinajstić information content (AvgIpc) is 3.08. The van der Waals surface area contributed by atoms with E-state index in [1.165, 1.54) is 4.88 Å². The Bertz CT molecular complexity index is 765. The summed E-state index contributed by atoms with van der Waals surface area (Å²) in [5.74, 6) is 0. The van der Waals surface area contributed by atoms with E-state index in [0.29, 0.717) is 6.54 Å². The van der Waals surface area contributed by atoms with Crippen LogP contribution in [0.15, 0.2) is 29.8 Å². The van der Waals surface area contributed by atoms with Crippen molar-refractivity contribution >= 4 is 21.4 Å². The third-order valence-corrected chi connectivity index (χ3v) is 7.17. The molecule has 1 aliphatic heterocycles. The molecule has 1 unspecified atom stereocenters. The molecule has 0 radical (unpaired) electrons. The second-order valence-corrected chi connectivity index (χ2v) is 9.34. The molecule has 124 valence electrons. The number of thiophene rings is 1. The van der Waals surface area contributed by atoms with Crippen molar-refractivity contribution in [3.8, 4) is 0 Å². The van der Waals surface area contributed by atoms with Gasteiger partial charge in [-0.15, -0.1) is 11.3 Å². The average molecular weight is 352 g/mol. The highest BCUT2D eigenvalue weighted by Gasteiger charge is 2.36. The van der Waals surface area contributed by atoms with Gasteiger partial charge in [0.15, 0.2) is 0 Å². The topological polar surface area (TPSA) is 67.2 Å². The molecule has 4 rings (SSSR count). The van der Waals surface area contributed by atoms with E-state index in [-0.39, 0.29) is 11.3 Å². The Balaban J connectivity index is 1.47. The number of aromatic nitrogens is 2. The fourth-order valence-corrected chi connectivity index (χ4v) is 5.23. The van der Waals surface area contributed by atoms with Crippen LogP contribution < -0.4 is 4.72 Å². The summed E-state index contributed by atoms with van der Waals surface area (Å²) in [4.78, 5) is 3.69. The first-order valence-electron chi connectivity index (χ1n) is 7.87. The normalized spacial score (nSPS) is 22.2. The van der Waals surface area contributed by atoms with Crippen molar-refractivity contribution in [2.24, 2.45) is 0 Å². The number of sulfonamides is 1. The van der Waals surface area contributed by atoms with Crippen molar-refractivity contribution < 1.29 is 8.42 Å². The van der Waals surface area contributed by atoms with E-state index in [2.05, 4.69) is 32.2 Å². The van der Waals surface area contributed by atoms with Crippen molar-refractivity contribution in [3.05, 3.63) is 40.3 Å². The molecule has 1 saturated carbocycles. The summed E-state index contributed by atoms with van der Waals surface area (Å²) >= 11 is 1.76. The minimum atomic E-state index is -3.15. The molecular weight excluding hydrogens is 332 g/mol. The Morgan fingerprint density at radius 3 is 2.96 bits per heavy atom. The van der Waals surface area contributed by atoms with Crippen molar-refractivity contribution in [1.82, 2.24) is 19.4 Å². The molecule has 1 aliphatic carbocycles. The number of hydrogen-bond donors (Lipinski definition) is 1. The number of fused-ring (bicyclic) bond motifs is 1. The maximum absolute atomic E-state index is 12.1. The van der Waals surface area contributed by atoms with Gasteiger partial charge in [-0.2, -0.15) is 5.10 Å². The predicted octanol–water partition coefficient (Wildman–Crippen LogP) is 1.58. The molecular formula is C15H20N4O2S2. The van der Waals surface area contributed by atoms with Gasteiger partial charge in [0.25, 0.3) is 0 Å². The maximum atomic E-state index is 12.1. The molecule has 2 aromatic heterocycles. The zero-order valence-electron chi connectivity index (χ0n) is 12.8. The fourth-order valence-electron chi connectivity index (χ4n) is 3.07. The highest BCUT2D eigenvalue weighted by molar-refractivity contribution is 7.90. The largest absolute Gasteiger partial charge is 0.290 e.